The highest BCUT2D eigenvalue weighted by atomic mass is 32.3. The monoisotopic (exact) mass is 852 g/mol. The molecule has 0 spiro atoms. The summed E-state index contributed by atoms with van der Waals surface area (Å²) in [5.74, 6) is 0. The van der Waals surface area contributed by atoms with Gasteiger partial charge in [-0.25, -0.2) is 0 Å². The van der Waals surface area contributed by atoms with E-state index < -0.39 is 0 Å². The maximum atomic E-state index is 2.55. The van der Waals surface area contributed by atoms with Crippen molar-refractivity contribution in [2.45, 2.75) is 38.5 Å². The van der Waals surface area contributed by atoms with Crippen LogP contribution in [-0.2, 0) is 38.5 Å². The molecule has 0 atom stereocenters. The van der Waals surface area contributed by atoms with Crippen molar-refractivity contribution in [2.75, 3.05) is 37.5 Å². The smallest absolute Gasteiger partial charge is 0.0657 e. The lowest BCUT2D eigenvalue weighted by Crippen LogP contribution is -2.08. The van der Waals surface area contributed by atoms with Crippen molar-refractivity contribution >= 4 is 141 Å². The number of rotatable bonds is 6. The Kier molecular flexibility index (Phi) is 13.3. The first-order valence-corrected chi connectivity index (χ1v) is 27.6. The standard InChI is InChI=1S/C36H36S12/c1-37-31-32(38-2)44-28(43-31)25-13-19-7-21-11-23(9-19)17-27(30-47-35(41-5)36(42-6)48-30)18-24-10-20(14-25)8-22(12-24)16-26(15-21)29-45-33(39-3)34(40-4)46-29/h7-12H,13-18H2,1-6H3. The summed E-state index contributed by atoms with van der Waals surface area (Å²) in [6.45, 7) is 0. The average molecular weight is 853 g/mol. The zero-order chi connectivity index (χ0) is 33.4. The van der Waals surface area contributed by atoms with E-state index in [2.05, 4.69) is 73.9 Å². The second kappa shape index (κ2) is 17.0. The van der Waals surface area contributed by atoms with Crippen LogP contribution in [0.2, 0.25) is 0 Å². The molecule has 6 bridgehead atoms. The molecule has 48 heavy (non-hydrogen) atoms. The second-order valence-corrected chi connectivity index (χ2v) is 25.0. The molecule has 252 valence electrons. The van der Waals surface area contributed by atoms with Crippen molar-refractivity contribution < 1.29 is 0 Å². The molecule has 2 aromatic rings. The first kappa shape index (κ1) is 37.4. The third-order valence-electron chi connectivity index (χ3n) is 8.32. The summed E-state index contributed by atoms with van der Waals surface area (Å²) in [5.41, 5.74) is 13.6. The van der Waals surface area contributed by atoms with E-state index in [1.165, 1.54) is 71.5 Å². The highest BCUT2D eigenvalue weighted by molar-refractivity contribution is 8.42. The summed E-state index contributed by atoms with van der Waals surface area (Å²) >= 11 is 23.5. The van der Waals surface area contributed by atoms with Gasteiger partial charge in [0.05, 0.1) is 38.1 Å². The van der Waals surface area contributed by atoms with Crippen LogP contribution in [-0.4, -0.2) is 37.5 Å². The minimum Gasteiger partial charge on any atom is -0.121 e. The highest BCUT2D eigenvalue weighted by Gasteiger charge is 2.28. The van der Waals surface area contributed by atoms with Gasteiger partial charge in [0.2, 0.25) is 0 Å². The lowest BCUT2D eigenvalue weighted by Gasteiger charge is -2.22. The van der Waals surface area contributed by atoms with Crippen LogP contribution in [0, 0.1) is 0 Å². The molecule has 8 rings (SSSR count). The summed E-state index contributed by atoms with van der Waals surface area (Å²) < 4.78 is 13.3. The van der Waals surface area contributed by atoms with Gasteiger partial charge in [0.1, 0.15) is 0 Å². The van der Waals surface area contributed by atoms with Gasteiger partial charge >= 0.3 is 0 Å². The lowest BCUT2D eigenvalue weighted by molar-refractivity contribution is 0.948. The quantitative estimate of drug-likeness (QED) is 0.272. The van der Waals surface area contributed by atoms with Crippen LogP contribution in [0.4, 0.5) is 0 Å². The Morgan fingerprint density at radius 3 is 0.625 bits per heavy atom. The summed E-state index contributed by atoms with van der Waals surface area (Å²) in [4.78, 5) is 0. The molecule has 0 unspecified atom stereocenters. The van der Waals surface area contributed by atoms with Crippen LogP contribution >= 0.6 is 141 Å². The first-order chi connectivity index (χ1) is 23.4. The van der Waals surface area contributed by atoms with Crippen LogP contribution in [0.1, 0.15) is 33.4 Å². The van der Waals surface area contributed by atoms with Gasteiger partial charge in [-0.2, -0.15) is 0 Å². The minimum absolute atomic E-state index is 1.01. The fraction of sp³-hybridized carbons (Fsp3) is 0.333. The van der Waals surface area contributed by atoms with E-state index in [1.807, 2.05) is 141 Å². The van der Waals surface area contributed by atoms with Crippen molar-refractivity contribution in [3.8, 4) is 0 Å². The lowest BCUT2D eigenvalue weighted by atomic mass is 9.86. The maximum Gasteiger partial charge on any atom is 0.0657 e. The maximum absolute atomic E-state index is 2.55. The minimum atomic E-state index is 1.01. The van der Waals surface area contributed by atoms with Gasteiger partial charge in [0.25, 0.3) is 0 Å². The molecule has 3 aliphatic carbocycles. The summed E-state index contributed by atoms with van der Waals surface area (Å²) in [7, 11) is 0. The topological polar surface area (TPSA) is 0 Å². The van der Waals surface area contributed by atoms with E-state index in [0.717, 1.165) is 38.5 Å². The van der Waals surface area contributed by atoms with Gasteiger partial charge in [0.15, 0.2) is 0 Å². The normalized spacial score (nSPS) is 20.1. The molecule has 3 aliphatic heterocycles. The first-order valence-electron chi connectivity index (χ1n) is 15.3. The highest BCUT2D eigenvalue weighted by Crippen LogP contribution is 2.60. The fourth-order valence-electron chi connectivity index (χ4n) is 6.39. The van der Waals surface area contributed by atoms with Crippen molar-refractivity contribution in [3.05, 3.63) is 125 Å². The Morgan fingerprint density at radius 2 is 0.479 bits per heavy atom. The summed E-state index contributed by atoms with van der Waals surface area (Å²) in [5, 5.41) is 0. The van der Waals surface area contributed by atoms with Crippen molar-refractivity contribution in [1.82, 2.24) is 0 Å². The molecule has 0 saturated heterocycles. The van der Waals surface area contributed by atoms with Crippen LogP contribution in [0.5, 0.6) is 0 Å². The van der Waals surface area contributed by atoms with Gasteiger partial charge in [-0.15, -0.1) is 70.6 Å². The Morgan fingerprint density at radius 1 is 0.312 bits per heavy atom. The van der Waals surface area contributed by atoms with E-state index in [4.69, 9.17) is 0 Å². The van der Waals surface area contributed by atoms with Crippen LogP contribution in [0.3, 0.4) is 0 Å². The number of hydrogen-bond acceptors (Lipinski definition) is 12. The Labute approximate surface area is 338 Å². The van der Waals surface area contributed by atoms with E-state index >= 15 is 0 Å². The number of benzene rings is 2. The predicted octanol–water partition coefficient (Wildman–Crippen LogP) is 14.3. The van der Waals surface area contributed by atoms with E-state index in [9.17, 15) is 0 Å². The van der Waals surface area contributed by atoms with Gasteiger partial charge in [0, 0.05) is 0 Å². The molecule has 0 N–H and O–H groups in total. The van der Waals surface area contributed by atoms with Crippen LogP contribution in [0.15, 0.2) is 91.3 Å². The van der Waals surface area contributed by atoms with Crippen molar-refractivity contribution in [3.63, 3.8) is 0 Å². The summed E-state index contributed by atoms with van der Waals surface area (Å²) in [6.07, 6.45) is 19.4. The zero-order valence-corrected chi connectivity index (χ0v) is 37.4. The molecule has 0 aromatic heterocycles. The molecule has 3 heterocycles. The largest absolute Gasteiger partial charge is 0.121 e. The van der Waals surface area contributed by atoms with Crippen LogP contribution < -0.4 is 0 Å². The molecular weight excluding hydrogens is 817 g/mol. The Hall–Kier alpha value is 1.08. The molecule has 0 amide bonds. The second-order valence-electron chi connectivity index (χ2n) is 11.6. The summed E-state index contributed by atoms with van der Waals surface area (Å²) in [6, 6.07) is 15.3. The number of fused-ring (bicyclic) bond motifs is 6. The molecule has 12 heteroatoms. The molecule has 0 fully saturated rings. The van der Waals surface area contributed by atoms with E-state index in [-0.39, 0.29) is 0 Å². The average Bonchev–Trinajstić information content (AvgIpc) is 3.82. The predicted molar refractivity (Wildman–Crippen MR) is 244 cm³/mol. The molecule has 0 nitrogen and oxygen atoms in total. The van der Waals surface area contributed by atoms with Gasteiger partial charge in [-0.1, -0.05) is 107 Å². The zero-order valence-electron chi connectivity index (χ0n) is 27.6. The van der Waals surface area contributed by atoms with Gasteiger partial charge in [-0.3, -0.25) is 0 Å². The Balaban J connectivity index is 1.39. The fourth-order valence-corrected chi connectivity index (χ4v) is 21.6. The molecule has 0 radical (unpaired) electrons. The molecule has 6 aliphatic rings. The number of hydrogen-bond donors (Lipinski definition) is 0. The number of allylic oxidation sites excluding steroid dienone is 3. The number of thioether (sulfide) groups is 12. The molecular formula is C36H36S12. The third kappa shape index (κ3) is 8.40. The van der Waals surface area contributed by atoms with Gasteiger partial charge < -0.3 is 0 Å². The molecule has 2 aromatic carbocycles. The van der Waals surface area contributed by atoms with Crippen LogP contribution in [0.25, 0.3) is 0 Å². The third-order valence-corrected chi connectivity index (χ3v) is 24.5. The van der Waals surface area contributed by atoms with Crippen molar-refractivity contribution in [1.29, 1.82) is 0 Å². The van der Waals surface area contributed by atoms with Crippen molar-refractivity contribution in [2.24, 2.45) is 0 Å². The van der Waals surface area contributed by atoms with E-state index in [0.29, 0.717) is 0 Å². The van der Waals surface area contributed by atoms with E-state index in [1.54, 1.807) is 16.7 Å². The molecule has 0 saturated carbocycles. The Bertz CT molecular complexity index is 1480. The van der Waals surface area contributed by atoms with Gasteiger partial charge in [-0.05, 0) is 126 Å². The SMILES string of the molecule is CSC1=C(SC)SC(=C2Cc3cc4cc(c3)CC(=C3SC(SC)=C(SC)S3)Cc3cc(cc(c3)CC(=C3SC(SC)=C(SC)S3)C4)C2)S1.